The zero-order valence-electron chi connectivity index (χ0n) is 12.8. The fourth-order valence-electron chi connectivity index (χ4n) is 2.23. The monoisotopic (exact) mass is 302 g/mol. The van der Waals surface area contributed by atoms with Gasteiger partial charge in [0.15, 0.2) is 0 Å². The third-order valence-electron chi connectivity index (χ3n) is 3.35. The second kappa shape index (κ2) is 8.29. The van der Waals surface area contributed by atoms with Gasteiger partial charge >= 0.3 is 0 Å². The van der Waals surface area contributed by atoms with Gasteiger partial charge in [-0.1, -0.05) is 19.1 Å². The van der Waals surface area contributed by atoms with Gasteiger partial charge in [-0.15, -0.1) is 0 Å². The van der Waals surface area contributed by atoms with E-state index in [4.69, 9.17) is 0 Å². The number of fused-ring (bicyclic) bond motifs is 1. The van der Waals surface area contributed by atoms with Crippen molar-refractivity contribution in [3.63, 3.8) is 0 Å². The van der Waals surface area contributed by atoms with Crippen LogP contribution in [-0.2, 0) is 11.2 Å². The number of carbonyl (C=O) groups excluding carboxylic acids is 1. The maximum absolute atomic E-state index is 11.9. The summed E-state index contributed by atoms with van der Waals surface area (Å²) in [6.45, 7) is 4.34. The highest BCUT2D eigenvalue weighted by molar-refractivity contribution is 5.77. The number of aryl methyl sites for hydroxylation is 1. The van der Waals surface area contributed by atoms with Crippen LogP contribution >= 0.6 is 0 Å². The number of para-hydroxylation sites is 1. The predicted octanol–water partition coefficient (Wildman–Crippen LogP) is 0.971. The van der Waals surface area contributed by atoms with E-state index < -0.39 is 0 Å². The molecule has 0 aliphatic carbocycles. The van der Waals surface area contributed by atoms with Crippen LogP contribution in [0.5, 0.6) is 0 Å². The van der Waals surface area contributed by atoms with Gasteiger partial charge in [0.1, 0.15) is 5.82 Å². The number of H-pyrrole nitrogens is 1. The Labute approximate surface area is 129 Å². The van der Waals surface area contributed by atoms with E-state index in [9.17, 15) is 9.59 Å². The summed E-state index contributed by atoms with van der Waals surface area (Å²) in [5.74, 6) is 0.658. The van der Waals surface area contributed by atoms with Crippen molar-refractivity contribution in [2.75, 3.05) is 19.6 Å². The second-order valence-corrected chi connectivity index (χ2v) is 5.09. The predicted molar refractivity (Wildman–Crippen MR) is 86.9 cm³/mol. The number of aromatic amines is 1. The number of benzene rings is 1. The third kappa shape index (κ3) is 4.66. The molecule has 0 radical (unpaired) electrons. The van der Waals surface area contributed by atoms with Gasteiger partial charge in [-0.25, -0.2) is 4.98 Å². The summed E-state index contributed by atoms with van der Waals surface area (Å²) in [5.41, 5.74) is 0.562. The summed E-state index contributed by atoms with van der Waals surface area (Å²) in [7, 11) is 0. The van der Waals surface area contributed by atoms with Gasteiger partial charge < -0.3 is 15.6 Å². The Morgan fingerprint density at radius 2 is 2.09 bits per heavy atom. The molecule has 0 bridgehead atoms. The third-order valence-corrected chi connectivity index (χ3v) is 3.35. The van der Waals surface area contributed by atoms with Crippen LogP contribution in [0.25, 0.3) is 10.9 Å². The smallest absolute Gasteiger partial charge is 0.258 e. The molecule has 22 heavy (non-hydrogen) atoms. The van der Waals surface area contributed by atoms with Crippen LogP contribution in [0, 0.1) is 0 Å². The molecular formula is C16H22N4O2. The van der Waals surface area contributed by atoms with Crippen molar-refractivity contribution < 1.29 is 4.79 Å². The Morgan fingerprint density at radius 3 is 2.91 bits per heavy atom. The van der Waals surface area contributed by atoms with Crippen LogP contribution in [-0.4, -0.2) is 35.5 Å². The standard InChI is InChI=1S/C16H22N4O2/c1-2-17-10-11-18-15(21)9-5-8-14-19-13-7-4-3-6-12(13)16(22)20-14/h3-4,6-7,17H,2,5,8-11H2,1H3,(H,18,21)(H,19,20,22). The number of carbonyl (C=O) groups is 1. The number of hydrogen-bond donors (Lipinski definition) is 3. The van der Waals surface area contributed by atoms with Gasteiger partial charge in [-0.2, -0.15) is 0 Å². The summed E-state index contributed by atoms with van der Waals surface area (Å²) in [6, 6.07) is 7.25. The van der Waals surface area contributed by atoms with E-state index in [0.29, 0.717) is 42.5 Å². The van der Waals surface area contributed by atoms with E-state index in [1.54, 1.807) is 6.07 Å². The van der Waals surface area contributed by atoms with Crippen molar-refractivity contribution in [3.8, 4) is 0 Å². The molecule has 0 atom stereocenters. The van der Waals surface area contributed by atoms with Crippen LogP contribution < -0.4 is 16.2 Å². The van der Waals surface area contributed by atoms with Gasteiger partial charge in [-0.3, -0.25) is 9.59 Å². The molecule has 6 heteroatoms. The maximum atomic E-state index is 11.9. The summed E-state index contributed by atoms with van der Waals surface area (Å²) < 4.78 is 0. The van der Waals surface area contributed by atoms with Gasteiger partial charge in [0, 0.05) is 25.9 Å². The van der Waals surface area contributed by atoms with Crippen LogP contribution in [0.3, 0.4) is 0 Å². The highest BCUT2D eigenvalue weighted by atomic mass is 16.1. The van der Waals surface area contributed by atoms with Crippen molar-refractivity contribution in [3.05, 3.63) is 40.4 Å². The molecule has 0 unspecified atom stereocenters. The van der Waals surface area contributed by atoms with E-state index in [2.05, 4.69) is 20.6 Å². The Morgan fingerprint density at radius 1 is 1.27 bits per heavy atom. The summed E-state index contributed by atoms with van der Waals surface area (Å²) in [5, 5.41) is 6.59. The Balaban J connectivity index is 1.82. The first-order valence-corrected chi connectivity index (χ1v) is 7.66. The first kappa shape index (κ1) is 16.2. The van der Waals surface area contributed by atoms with Gasteiger partial charge in [0.05, 0.1) is 10.9 Å². The normalized spacial score (nSPS) is 10.8. The number of rotatable bonds is 8. The van der Waals surface area contributed by atoms with E-state index in [1.165, 1.54) is 0 Å². The number of nitrogens with zero attached hydrogens (tertiary/aromatic N) is 1. The molecule has 1 amide bonds. The van der Waals surface area contributed by atoms with E-state index in [1.807, 2.05) is 25.1 Å². The van der Waals surface area contributed by atoms with Crippen LogP contribution in [0.4, 0.5) is 0 Å². The van der Waals surface area contributed by atoms with Gasteiger partial charge in [-0.05, 0) is 25.1 Å². The van der Waals surface area contributed by atoms with E-state index >= 15 is 0 Å². The lowest BCUT2D eigenvalue weighted by molar-refractivity contribution is -0.121. The first-order valence-electron chi connectivity index (χ1n) is 7.66. The molecule has 1 aromatic carbocycles. The van der Waals surface area contributed by atoms with Crippen molar-refractivity contribution in [2.45, 2.75) is 26.2 Å². The Bertz CT molecular complexity index is 681. The summed E-state index contributed by atoms with van der Waals surface area (Å²) >= 11 is 0. The fourth-order valence-corrected chi connectivity index (χ4v) is 2.23. The quantitative estimate of drug-likeness (QED) is 0.634. The van der Waals surface area contributed by atoms with Crippen LogP contribution in [0.2, 0.25) is 0 Å². The largest absolute Gasteiger partial charge is 0.355 e. The lowest BCUT2D eigenvalue weighted by Crippen LogP contribution is -2.31. The average molecular weight is 302 g/mol. The van der Waals surface area contributed by atoms with Crippen LogP contribution in [0.1, 0.15) is 25.6 Å². The van der Waals surface area contributed by atoms with Crippen molar-refractivity contribution in [1.29, 1.82) is 0 Å². The Kier molecular flexibility index (Phi) is 6.09. The molecule has 1 heterocycles. The van der Waals surface area contributed by atoms with Crippen LogP contribution in [0.15, 0.2) is 29.1 Å². The molecule has 0 saturated heterocycles. The maximum Gasteiger partial charge on any atom is 0.258 e. The number of amides is 1. The molecule has 1 aromatic heterocycles. The minimum atomic E-state index is -0.129. The number of hydrogen-bond acceptors (Lipinski definition) is 4. The zero-order valence-corrected chi connectivity index (χ0v) is 12.8. The molecule has 118 valence electrons. The fraction of sp³-hybridized carbons (Fsp3) is 0.438. The van der Waals surface area contributed by atoms with Crippen molar-refractivity contribution in [2.24, 2.45) is 0 Å². The van der Waals surface area contributed by atoms with E-state index in [0.717, 1.165) is 13.1 Å². The van der Waals surface area contributed by atoms with Gasteiger partial charge in [0.25, 0.3) is 5.56 Å². The lowest BCUT2D eigenvalue weighted by Gasteiger charge is -2.06. The zero-order chi connectivity index (χ0) is 15.8. The van der Waals surface area contributed by atoms with Gasteiger partial charge in [0.2, 0.25) is 5.91 Å². The minimum absolute atomic E-state index is 0.0287. The van der Waals surface area contributed by atoms with Crippen molar-refractivity contribution >= 4 is 16.8 Å². The minimum Gasteiger partial charge on any atom is -0.355 e. The molecule has 2 aromatic rings. The molecular weight excluding hydrogens is 280 g/mol. The second-order valence-electron chi connectivity index (χ2n) is 5.09. The molecule has 0 fully saturated rings. The number of nitrogens with one attached hydrogen (secondary N) is 3. The van der Waals surface area contributed by atoms with E-state index in [-0.39, 0.29) is 11.5 Å². The molecule has 0 spiro atoms. The average Bonchev–Trinajstić information content (AvgIpc) is 2.52. The molecule has 3 N–H and O–H groups in total. The highest BCUT2D eigenvalue weighted by Crippen LogP contribution is 2.07. The summed E-state index contributed by atoms with van der Waals surface area (Å²) in [4.78, 5) is 30.8. The Hall–Kier alpha value is -2.21. The van der Waals surface area contributed by atoms with Crippen molar-refractivity contribution in [1.82, 2.24) is 20.6 Å². The lowest BCUT2D eigenvalue weighted by atomic mass is 10.2. The molecule has 0 aliphatic rings. The summed E-state index contributed by atoms with van der Waals surface area (Å²) in [6.07, 6.45) is 1.68. The molecule has 0 aliphatic heterocycles. The molecule has 6 nitrogen and oxygen atoms in total. The SMILES string of the molecule is CCNCCNC(=O)CCCc1nc2ccccc2c(=O)[nH]1. The highest BCUT2D eigenvalue weighted by Gasteiger charge is 2.05. The molecule has 2 rings (SSSR count). The number of aromatic nitrogens is 2. The first-order chi connectivity index (χ1) is 10.7. The topological polar surface area (TPSA) is 86.9 Å². The molecule has 0 saturated carbocycles. The number of likely N-dealkylation sites (N-methyl/N-ethyl adjacent to an activating group) is 1.